The summed E-state index contributed by atoms with van der Waals surface area (Å²) in [5.41, 5.74) is 1.43. The molecule has 1 aromatic rings. The first-order valence-corrected chi connectivity index (χ1v) is 7.84. The molecular weight excluding hydrogens is 310 g/mol. The van der Waals surface area contributed by atoms with Gasteiger partial charge >= 0.3 is 5.97 Å². The maximum absolute atomic E-state index is 12.6. The summed E-state index contributed by atoms with van der Waals surface area (Å²) in [5, 5.41) is 9.25. The molecule has 0 bridgehead atoms. The molecule has 0 spiro atoms. The first-order chi connectivity index (χ1) is 11.1. The molecule has 6 nitrogen and oxygen atoms in total. The second kappa shape index (κ2) is 6.34. The van der Waals surface area contributed by atoms with Gasteiger partial charge in [0.15, 0.2) is 11.5 Å². The van der Waals surface area contributed by atoms with Crippen LogP contribution in [0.4, 0.5) is 0 Å². The number of nitrogens with zero attached hydrogens (tertiary/aromatic N) is 1. The Hall–Kier alpha value is -2.24. The molecule has 1 aromatic carbocycles. The zero-order chi connectivity index (χ0) is 18.2. The molecule has 0 heterocycles. The van der Waals surface area contributed by atoms with E-state index in [1.807, 2.05) is 32.9 Å². The minimum atomic E-state index is -0.908. The van der Waals surface area contributed by atoms with Crippen LogP contribution in [0.5, 0.6) is 11.5 Å². The number of rotatable bonds is 6. The molecule has 2 rings (SSSR count). The van der Waals surface area contributed by atoms with Gasteiger partial charge in [0.1, 0.15) is 0 Å². The zero-order valence-corrected chi connectivity index (χ0v) is 15.0. The van der Waals surface area contributed by atoms with Crippen molar-refractivity contribution in [1.29, 1.82) is 0 Å². The van der Waals surface area contributed by atoms with Crippen LogP contribution in [-0.4, -0.2) is 43.2 Å². The molecule has 0 aliphatic heterocycles. The molecule has 1 N–H and O–H groups in total. The quantitative estimate of drug-likeness (QED) is 0.863. The van der Waals surface area contributed by atoms with Crippen molar-refractivity contribution >= 4 is 11.9 Å². The average Bonchev–Trinajstić information content (AvgIpc) is 3.10. The van der Waals surface area contributed by atoms with Gasteiger partial charge < -0.3 is 19.5 Å². The summed E-state index contributed by atoms with van der Waals surface area (Å²) < 4.78 is 10.6. The van der Waals surface area contributed by atoms with Gasteiger partial charge in [0.25, 0.3) is 0 Å². The van der Waals surface area contributed by atoms with Crippen LogP contribution in [0.1, 0.15) is 25.0 Å². The van der Waals surface area contributed by atoms with E-state index in [0.717, 1.165) is 11.1 Å². The lowest BCUT2D eigenvalue weighted by Gasteiger charge is -2.20. The van der Waals surface area contributed by atoms with Crippen molar-refractivity contribution < 1.29 is 24.2 Å². The molecule has 0 radical (unpaired) electrons. The number of benzene rings is 1. The first kappa shape index (κ1) is 18.1. The zero-order valence-electron chi connectivity index (χ0n) is 15.0. The molecule has 1 fully saturated rings. The smallest absolute Gasteiger partial charge is 0.307 e. The molecule has 1 amide bonds. The monoisotopic (exact) mass is 335 g/mol. The lowest BCUT2D eigenvalue weighted by molar-refractivity contribution is -0.141. The molecule has 1 aliphatic carbocycles. The summed E-state index contributed by atoms with van der Waals surface area (Å²) in [6.07, 6.45) is 0. The lowest BCUT2D eigenvalue weighted by atomic mass is 10.1. The van der Waals surface area contributed by atoms with Gasteiger partial charge in [-0.05, 0) is 35.6 Å². The number of carboxylic acid groups (broad SMARTS) is 1. The van der Waals surface area contributed by atoms with E-state index in [2.05, 4.69) is 0 Å². The van der Waals surface area contributed by atoms with E-state index in [0.29, 0.717) is 18.0 Å². The van der Waals surface area contributed by atoms with Crippen LogP contribution in [-0.2, 0) is 16.1 Å². The molecule has 132 valence electrons. The number of carboxylic acids is 1. The highest BCUT2D eigenvalue weighted by Gasteiger charge is 2.66. The number of carbonyl (C=O) groups excluding carboxylic acids is 1. The fourth-order valence-corrected chi connectivity index (χ4v) is 3.32. The normalized spacial score (nSPS) is 21.1. The van der Waals surface area contributed by atoms with E-state index >= 15 is 0 Å². The van der Waals surface area contributed by atoms with E-state index in [1.165, 1.54) is 0 Å². The molecule has 1 saturated carbocycles. The predicted molar refractivity (Wildman–Crippen MR) is 89.2 cm³/mol. The highest BCUT2D eigenvalue weighted by molar-refractivity contribution is 5.91. The maximum Gasteiger partial charge on any atom is 0.307 e. The summed E-state index contributed by atoms with van der Waals surface area (Å²) in [6.45, 7) is 5.98. The van der Waals surface area contributed by atoms with Crippen molar-refractivity contribution in [2.24, 2.45) is 17.3 Å². The Morgan fingerprint density at radius 1 is 1.17 bits per heavy atom. The Labute approximate surface area is 142 Å². The maximum atomic E-state index is 12.6. The molecule has 0 saturated heterocycles. The third kappa shape index (κ3) is 3.05. The first-order valence-electron chi connectivity index (χ1n) is 7.84. The van der Waals surface area contributed by atoms with E-state index in [9.17, 15) is 14.7 Å². The molecule has 0 unspecified atom stereocenters. The van der Waals surface area contributed by atoms with Crippen molar-refractivity contribution in [2.45, 2.75) is 27.3 Å². The lowest BCUT2D eigenvalue weighted by Crippen LogP contribution is -2.30. The summed E-state index contributed by atoms with van der Waals surface area (Å²) in [4.78, 5) is 25.5. The third-order valence-electron chi connectivity index (χ3n) is 4.99. The van der Waals surface area contributed by atoms with Gasteiger partial charge in [-0.1, -0.05) is 13.8 Å². The van der Waals surface area contributed by atoms with Crippen LogP contribution in [0.15, 0.2) is 12.1 Å². The van der Waals surface area contributed by atoms with Crippen LogP contribution in [0.3, 0.4) is 0 Å². The van der Waals surface area contributed by atoms with Crippen molar-refractivity contribution in [3.8, 4) is 11.5 Å². The number of hydrogen-bond donors (Lipinski definition) is 1. The van der Waals surface area contributed by atoms with E-state index < -0.39 is 23.2 Å². The minimum absolute atomic E-state index is 0.137. The van der Waals surface area contributed by atoms with Crippen LogP contribution in [0, 0.1) is 24.2 Å². The molecule has 0 aromatic heterocycles. The van der Waals surface area contributed by atoms with Crippen molar-refractivity contribution in [1.82, 2.24) is 4.90 Å². The van der Waals surface area contributed by atoms with Gasteiger partial charge in [-0.3, -0.25) is 9.59 Å². The Kier molecular flexibility index (Phi) is 4.78. The highest BCUT2D eigenvalue weighted by Crippen LogP contribution is 2.59. The number of amides is 1. The van der Waals surface area contributed by atoms with Gasteiger partial charge in [-0.25, -0.2) is 0 Å². The Morgan fingerprint density at radius 2 is 1.71 bits per heavy atom. The number of carbonyl (C=O) groups is 2. The highest BCUT2D eigenvalue weighted by atomic mass is 16.5. The van der Waals surface area contributed by atoms with Crippen LogP contribution in [0.25, 0.3) is 0 Å². The molecule has 6 heteroatoms. The molecule has 24 heavy (non-hydrogen) atoms. The third-order valence-corrected chi connectivity index (χ3v) is 4.99. The number of aliphatic carboxylic acids is 1. The fourth-order valence-electron chi connectivity index (χ4n) is 3.32. The number of methoxy groups -OCH3 is 2. The van der Waals surface area contributed by atoms with Gasteiger partial charge in [0, 0.05) is 13.6 Å². The minimum Gasteiger partial charge on any atom is -0.493 e. The van der Waals surface area contributed by atoms with Gasteiger partial charge in [0.2, 0.25) is 5.91 Å². The van der Waals surface area contributed by atoms with E-state index in [1.54, 1.807) is 26.2 Å². The summed E-state index contributed by atoms with van der Waals surface area (Å²) in [5.74, 6) is -0.883. The van der Waals surface area contributed by atoms with Gasteiger partial charge in [-0.2, -0.15) is 0 Å². The Balaban J connectivity index is 2.17. The van der Waals surface area contributed by atoms with Gasteiger partial charge in [0.05, 0.1) is 26.1 Å². The second-order valence-electron chi connectivity index (χ2n) is 6.94. The predicted octanol–water partition coefficient (Wildman–Crippen LogP) is 2.33. The number of hydrogen-bond acceptors (Lipinski definition) is 4. The fraction of sp³-hybridized carbons (Fsp3) is 0.556. The van der Waals surface area contributed by atoms with Crippen molar-refractivity contribution in [3.05, 3.63) is 23.3 Å². The van der Waals surface area contributed by atoms with Crippen LogP contribution in [0.2, 0.25) is 0 Å². The number of aryl methyl sites for hydroxylation is 1. The Morgan fingerprint density at radius 3 is 2.17 bits per heavy atom. The summed E-state index contributed by atoms with van der Waals surface area (Å²) in [7, 11) is 4.84. The average molecular weight is 335 g/mol. The molecule has 2 atom stereocenters. The standard InChI is InChI=1S/C18H25NO5/c1-10-7-12(23-5)13(24-6)8-11(10)9-19(4)16(20)14-15(17(21)22)18(14,2)3/h7-8,14-15H,9H2,1-6H3,(H,21,22)/t14-,15+/m0/s1. The molecule has 1 aliphatic rings. The van der Waals surface area contributed by atoms with E-state index in [-0.39, 0.29) is 5.91 Å². The topological polar surface area (TPSA) is 76.1 Å². The van der Waals surface area contributed by atoms with Gasteiger partial charge in [-0.15, -0.1) is 0 Å². The molecular formula is C18H25NO5. The van der Waals surface area contributed by atoms with Crippen molar-refractivity contribution in [2.75, 3.05) is 21.3 Å². The SMILES string of the molecule is COc1cc(C)c(CN(C)C(=O)[C@@H]2[C@H](C(=O)O)C2(C)C)cc1OC. The largest absolute Gasteiger partial charge is 0.493 e. The van der Waals surface area contributed by atoms with Crippen molar-refractivity contribution in [3.63, 3.8) is 0 Å². The van der Waals surface area contributed by atoms with Crippen LogP contribution >= 0.6 is 0 Å². The van der Waals surface area contributed by atoms with Crippen LogP contribution < -0.4 is 9.47 Å². The second-order valence-corrected chi connectivity index (χ2v) is 6.94. The van der Waals surface area contributed by atoms with E-state index in [4.69, 9.17) is 9.47 Å². The summed E-state index contributed by atoms with van der Waals surface area (Å²) in [6, 6.07) is 3.72. The summed E-state index contributed by atoms with van der Waals surface area (Å²) >= 11 is 0. The Bertz CT molecular complexity index is 668. The number of ether oxygens (including phenoxy) is 2.